The summed E-state index contributed by atoms with van der Waals surface area (Å²) in [5.74, 6) is -1.58. The second kappa shape index (κ2) is 9.49. The summed E-state index contributed by atoms with van der Waals surface area (Å²) >= 11 is 0. The number of ether oxygens (including phenoxy) is 1. The number of aryl methyl sites for hydroxylation is 2. The Morgan fingerprint density at radius 2 is 1.68 bits per heavy atom. The summed E-state index contributed by atoms with van der Waals surface area (Å²) in [5, 5.41) is 2.83. The third-order valence-corrected chi connectivity index (χ3v) is 6.40. The van der Waals surface area contributed by atoms with E-state index in [0.29, 0.717) is 12.8 Å². The van der Waals surface area contributed by atoms with Crippen molar-refractivity contribution in [2.24, 2.45) is 0 Å². The molecule has 2 fully saturated rings. The highest BCUT2D eigenvalue weighted by molar-refractivity contribution is 6.08. The number of likely N-dealkylation sites (N-methyl/N-ethyl adjacent to an activating group) is 1. The molecule has 1 N–H and O–H groups in total. The molecule has 1 saturated heterocycles. The average molecular weight is 430 g/mol. The van der Waals surface area contributed by atoms with Crippen LogP contribution in [0.2, 0.25) is 0 Å². The lowest BCUT2D eigenvalue weighted by Gasteiger charge is -2.35. The minimum Gasteiger partial charge on any atom is -0.454 e. The Morgan fingerprint density at radius 1 is 1.06 bits per heavy atom. The molecule has 8 nitrogen and oxygen atoms in total. The van der Waals surface area contributed by atoms with Crippen molar-refractivity contribution < 1.29 is 23.9 Å². The molecule has 3 rings (SSSR count). The second-order valence-electron chi connectivity index (χ2n) is 8.19. The van der Waals surface area contributed by atoms with Gasteiger partial charge in [-0.15, -0.1) is 0 Å². The molecule has 0 radical (unpaired) electrons. The van der Waals surface area contributed by atoms with Crippen molar-refractivity contribution in [3.8, 4) is 0 Å². The number of carbonyl (C=O) groups excluding carboxylic acids is 4. The van der Waals surface area contributed by atoms with Crippen LogP contribution in [0, 0.1) is 0 Å². The Morgan fingerprint density at radius 3 is 2.26 bits per heavy atom. The lowest BCUT2D eigenvalue weighted by molar-refractivity contribution is -0.150. The maximum atomic E-state index is 12.9. The van der Waals surface area contributed by atoms with Crippen LogP contribution in [-0.2, 0) is 32.0 Å². The van der Waals surface area contributed by atoms with Crippen LogP contribution in [-0.4, -0.2) is 59.4 Å². The standard InChI is InChI=1S/C23H31N3O5/c1-4-16-10-9-11-17(5-2)20(16)24-18(27)15-31-19(28)14-26-21(29)23(25(3)22(26)30)12-7-6-8-13-23/h9-11H,4-8,12-15H2,1-3H3,(H,24,27). The van der Waals surface area contributed by atoms with Gasteiger partial charge >= 0.3 is 12.0 Å². The zero-order chi connectivity index (χ0) is 22.6. The topological polar surface area (TPSA) is 96.0 Å². The van der Waals surface area contributed by atoms with Gasteiger partial charge in [-0.2, -0.15) is 0 Å². The molecule has 1 aromatic carbocycles. The first-order chi connectivity index (χ1) is 14.8. The Bertz CT molecular complexity index is 854. The van der Waals surface area contributed by atoms with Crippen LogP contribution in [0.25, 0.3) is 0 Å². The summed E-state index contributed by atoms with van der Waals surface area (Å²) < 4.78 is 5.08. The zero-order valence-electron chi connectivity index (χ0n) is 18.5. The van der Waals surface area contributed by atoms with Gasteiger partial charge in [-0.1, -0.05) is 51.3 Å². The minimum absolute atomic E-state index is 0.342. The number of hydrogen-bond acceptors (Lipinski definition) is 5. The lowest BCUT2D eigenvalue weighted by atomic mass is 9.81. The van der Waals surface area contributed by atoms with Gasteiger partial charge in [0.1, 0.15) is 12.1 Å². The molecule has 1 aromatic rings. The highest BCUT2D eigenvalue weighted by atomic mass is 16.5. The Hall–Kier alpha value is -2.90. The van der Waals surface area contributed by atoms with Gasteiger partial charge in [-0.05, 0) is 36.8 Å². The third kappa shape index (κ3) is 4.43. The van der Waals surface area contributed by atoms with Gasteiger partial charge in [0.05, 0.1) is 0 Å². The largest absolute Gasteiger partial charge is 0.454 e. The first kappa shape index (κ1) is 22.8. The predicted octanol–water partition coefficient (Wildman–Crippen LogP) is 2.89. The number of carbonyl (C=O) groups is 4. The molecule has 1 spiro atoms. The maximum Gasteiger partial charge on any atom is 0.327 e. The molecule has 4 amide bonds. The molecule has 2 aliphatic rings. The van der Waals surface area contributed by atoms with E-state index in [2.05, 4.69) is 5.32 Å². The summed E-state index contributed by atoms with van der Waals surface area (Å²) in [4.78, 5) is 52.6. The summed E-state index contributed by atoms with van der Waals surface area (Å²) in [7, 11) is 1.61. The van der Waals surface area contributed by atoms with E-state index in [1.807, 2.05) is 32.0 Å². The number of nitrogens with zero attached hydrogens (tertiary/aromatic N) is 2. The molecular weight excluding hydrogens is 398 g/mol. The van der Waals surface area contributed by atoms with Crippen LogP contribution in [0.5, 0.6) is 0 Å². The molecule has 1 heterocycles. The van der Waals surface area contributed by atoms with Crippen molar-refractivity contribution in [1.82, 2.24) is 9.80 Å². The smallest absolute Gasteiger partial charge is 0.327 e. The Balaban J connectivity index is 1.58. The molecule has 1 aliphatic carbocycles. The normalized spacial score (nSPS) is 17.9. The van der Waals surface area contributed by atoms with Gasteiger partial charge in [0.25, 0.3) is 11.8 Å². The average Bonchev–Trinajstić information content (AvgIpc) is 2.94. The number of urea groups is 1. The highest BCUT2D eigenvalue weighted by Gasteiger charge is 2.55. The second-order valence-corrected chi connectivity index (χ2v) is 8.19. The number of imide groups is 1. The number of para-hydroxylation sites is 1. The van der Waals surface area contributed by atoms with Crippen molar-refractivity contribution >= 4 is 29.5 Å². The highest BCUT2D eigenvalue weighted by Crippen LogP contribution is 2.39. The molecule has 0 bridgehead atoms. The SMILES string of the molecule is CCc1cccc(CC)c1NC(=O)COC(=O)CN1C(=O)N(C)C2(CCCCC2)C1=O. The Kier molecular flexibility index (Phi) is 6.97. The van der Waals surface area contributed by atoms with Crippen LogP contribution in [0.15, 0.2) is 18.2 Å². The molecule has 1 aliphatic heterocycles. The van der Waals surface area contributed by atoms with Crippen molar-refractivity contribution in [2.75, 3.05) is 25.5 Å². The number of rotatable bonds is 7. The minimum atomic E-state index is -0.840. The molecular formula is C23H31N3O5. The number of hydrogen-bond donors (Lipinski definition) is 1. The van der Waals surface area contributed by atoms with E-state index in [-0.39, 0.29) is 5.91 Å². The van der Waals surface area contributed by atoms with E-state index in [0.717, 1.165) is 53.8 Å². The third-order valence-electron chi connectivity index (χ3n) is 6.40. The van der Waals surface area contributed by atoms with Crippen LogP contribution in [0.1, 0.15) is 57.1 Å². The van der Waals surface area contributed by atoms with Crippen LogP contribution in [0.3, 0.4) is 0 Å². The molecule has 0 unspecified atom stereocenters. The van der Waals surface area contributed by atoms with Gasteiger partial charge in [-0.3, -0.25) is 19.3 Å². The summed E-state index contributed by atoms with van der Waals surface area (Å²) in [6.45, 7) is 3.05. The molecule has 8 heteroatoms. The predicted molar refractivity (Wildman–Crippen MR) is 115 cm³/mol. The van der Waals surface area contributed by atoms with Crippen molar-refractivity contribution in [3.05, 3.63) is 29.3 Å². The fourth-order valence-electron chi connectivity index (χ4n) is 4.57. The van der Waals surface area contributed by atoms with Crippen molar-refractivity contribution in [2.45, 2.75) is 64.3 Å². The van der Waals surface area contributed by atoms with Crippen LogP contribution < -0.4 is 5.32 Å². The van der Waals surface area contributed by atoms with Crippen LogP contribution in [0.4, 0.5) is 10.5 Å². The number of esters is 1. The molecule has 0 atom stereocenters. The van der Waals surface area contributed by atoms with E-state index < -0.39 is 36.6 Å². The fraction of sp³-hybridized carbons (Fsp3) is 0.565. The molecule has 0 aromatic heterocycles. The van der Waals surface area contributed by atoms with Gasteiger partial charge in [-0.25, -0.2) is 4.79 Å². The van der Waals surface area contributed by atoms with E-state index in [4.69, 9.17) is 4.74 Å². The number of amides is 4. The zero-order valence-corrected chi connectivity index (χ0v) is 18.5. The summed E-state index contributed by atoms with van der Waals surface area (Å²) in [6.07, 6.45) is 5.53. The van der Waals surface area contributed by atoms with E-state index in [1.165, 1.54) is 4.90 Å². The van der Waals surface area contributed by atoms with Gasteiger partial charge in [0.15, 0.2) is 6.61 Å². The van der Waals surface area contributed by atoms with E-state index in [1.54, 1.807) is 7.05 Å². The van der Waals surface area contributed by atoms with Crippen molar-refractivity contribution in [3.63, 3.8) is 0 Å². The monoisotopic (exact) mass is 429 g/mol. The van der Waals surface area contributed by atoms with Gasteiger partial charge in [0.2, 0.25) is 0 Å². The summed E-state index contributed by atoms with van der Waals surface area (Å²) in [6, 6.07) is 5.36. The van der Waals surface area contributed by atoms with Crippen molar-refractivity contribution in [1.29, 1.82) is 0 Å². The maximum absolute atomic E-state index is 12.9. The van der Waals surface area contributed by atoms with E-state index in [9.17, 15) is 19.2 Å². The van der Waals surface area contributed by atoms with Gasteiger partial charge in [0, 0.05) is 12.7 Å². The molecule has 31 heavy (non-hydrogen) atoms. The summed E-state index contributed by atoms with van der Waals surface area (Å²) in [5.41, 5.74) is 1.92. The quantitative estimate of drug-likeness (QED) is 0.531. The van der Waals surface area contributed by atoms with Gasteiger partial charge < -0.3 is 15.0 Å². The molecule has 168 valence electrons. The number of nitrogens with one attached hydrogen (secondary N) is 1. The molecule has 1 saturated carbocycles. The lowest BCUT2D eigenvalue weighted by Crippen LogP contribution is -2.49. The first-order valence-corrected chi connectivity index (χ1v) is 11.0. The van der Waals surface area contributed by atoms with Crippen LogP contribution >= 0.6 is 0 Å². The first-order valence-electron chi connectivity index (χ1n) is 11.0. The number of benzene rings is 1. The van der Waals surface area contributed by atoms with E-state index >= 15 is 0 Å². The fourth-order valence-corrected chi connectivity index (χ4v) is 4.57. The Labute approximate surface area is 182 Å². The number of anilines is 1.